The lowest BCUT2D eigenvalue weighted by atomic mass is 9.89. The van der Waals surface area contributed by atoms with Gasteiger partial charge in [-0.1, -0.05) is 5.57 Å². The van der Waals surface area contributed by atoms with E-state index in [0.717, 1.165) is 37.7 Å². The Bertz CT molecular complexity index is 218. The summed E-state index contributed by atoms with van der Waals surface area (Å²) < 4.78 is 0. The fraction of sp³-hybridized carbons (Fsp3) is 0.727. The molecule has 0 aromatic carbocycles. The fourth-order valence-corrected chi connectivity index (χ4v) is 2.23. The van der Waals surface area contributed by atoms with Crippen LogP contribution in [0.25, 0.3) is 0 Å². The third-order valence-electron chi connectivity index (χ3n) is 2.58. The van der Waals surface area contributed by atoms with Gasteiger partial charge < -0.3 is 0 Å². The van der Waals surface area contributed by atoms with E-state index in [1.54, 1.807) is 0 Å². The van der Waals surface area contributed by atoms with Crippen molar-refractivity contribution in [3.63, 3.8) is 0 Å². The predicted molar refractivity (Wildman–Crippen MR) is 59.2 cm³/mol. The van der Waals surface area contributed by atoms with Crippen LogP contribution in [0.1, 0.15) is 39.0 Å². The van der Waals surface area contributed by atoms with E-state index in [4.69, 9.17) is 0 Å². The second-order valence-corrected chi connectivity index (χ2v) is 4.62. The quantitative estimate of drug-likeness (QED) is 0.645. The highest BCUT2D eigenvalue weighted by Gasteiger charge is 2.16. The Hall–Kier alpha value is -0.240. The number of thioether (sulfide) groups is 1. The summed E-state index contributed by atoms with van der Waals surface area (Å²) >= 11 is 1.86. The Morgan fingerprint density at radius 3 is 2.77 bits per heavy atom. The van der Waals surface area contributed by atoms with Crippen molar-refractivity contribution in [3.05, 3.63) is 11.1 Å². The van der Waals surface area contributed by atoms with Gasteiger partial charge in [0.2, 0.25) is 0 Å². The summed E-state index contributed by atoms with van der Waals surface area (Å²) in [6.45, 7) is 2.12. The van der Waals surface area contributed by atoms with Gasteiger partial charge in [-0.05, 0) is 50.2 Å². The van der Waals surface area contributed by atoms with Gasteiger partial charge in [-0.15, -0.1) is 0 Å². The van der Waals surface area contributed by atoms with Gasteiger partial charge in [0.1, 0.15) is 0 Å². The summed E-state index contributed by atoms with van der Waals surface area (Å²) in [4.78, 5) is 11.5. The van der Waals surface area contributed by atoms with Crippen LogP contribution in [0, 0.1) is 0 Å². The van der Waals surface area contributed by atoms with Crippen molar-refractivity contribution in [1.82, 2.24) is 0 Å². The highest BCUT2D eigenvalue weighted by atomic mass is 32.2. The van der Waals surface area contributed by atoms with E-state index < -0.39 is 0 Å². The smallest absolute Gasteiger partial charge is 0.158 e. The molecule has 0 heterocycles. The molecule has 0 amide bonds. The largest absolute Gasteiger partial charge is 0.295 e. The summed E-state index contributed by atoms with van der Waals surface area (Å²) in [5.74, 6) is 1.58. The molecule has 0 atom stereocenters. The first-order valence-electron chi connectivity index (χ1n) is 4.96. The molecular weight excluding hydrogens is 180 g/mol. The molecular formula is C11H18OS. The van der Waals surface area contributed by atoms with Crippen molar-refractivity contribution in [2.24, 2.45) is 0 Å². The van der Waals surface area contributed by atoms with E-state index in [9.17, 15) is 4.79 Å². The number of ketones is 1. The summed E-state index contributed by atoms with van der Waals surface area (Å²) in [5, 5.41) is 0. The van der Waals surface area contributed by atoms with Crippen molar-refractivity contribution in [3.8, 4) is 0 Å². The van der Waals surface area contributed by atoms with E-state index in [2.05, 4.69) is 13.2 Å². The van der Waals surface area contributed by atoms with E-state index in [1.165, 1.54) is 11.3 Å². The molecule has 0 N–H and O–H groups in total. The minimum Gasteiger partial charge on any atom is -0.295 e. The summed E-state index contributed by atoms with van der Waals surface area (Å²) in [6, 6.07) is 0. The first kappa shape index (κ1) is 10.8. The Labute approximate surface area is 85.0 Å². The molecule has 2 heteroatoms. The number of hydrogen-bond acceptors (Lipinski definition) is 2. The molecule has 0 aromatic heterocycles. The van der Waals surface area contributed by atoms with Crippen LogP contribution in [0.5, 0.6) is 0 Å². The first-order valence-corrected chi connectivity index (χ1v) is 6.36. The molecule has 1 rings (SSSR count). The van der Waals surface area contributed by atoms with Gasteiger partial charge in [0.05, 0.1) is 0 Å². The molecule has 0 fully saturated rings. The molecule has 1 nitrogen and oxygen atoms in total. The van der Waals surface area contributed by atoms with Crippen molar-refractivity contribution < 1.29 is 4.79 Å². The molecule has 0 aromatic rings. The topological polar surface area (TPSA) is 17.1 Å². The molecule has 0 aliphatic heterocycles. The number of carbonyl (C=O) groups excluding carboxylic acids is 1. The van der Waals surface area contributed by atoms with E-state index in [0.29, 0.717) is 5.78 Å². The fourth-order valence-electron chi connectivity index (χ4n) is 1.80. The molecule has 0 radical (unpaired) electrons. The third kappa shape index (κ3) is 3.18. The monoisotopic (exact) mass is 198 g/mol. The lowest BCUT2D eigenvalue weighted by Gasteiger charge is -2.16. The first-order chi connectivity index (χ1) is 6.25. The molecule has 0 saturated carbocycles. The Kier molecular flexibility index (Phi) is 4.57. The van der Waals surface area contributed by atoms with Crippen molar-refractivity contribution in [2.75, 3.05) is 12.0 Å². The number of hydrogen-bond donors (Lipinski definition) is 0. The highest BCUT2D eigenvalue weighted by molar-refractivity contribution is 7.98. The lowest BCUT2D eigenvalue weighted by Crippen LogP contribution is -2.10. The normalized spacial score (nSPS) is 18.2. The zero-order chi connectivity index (χ0) is 9.68. The average Bonchev–Trinajstić information content (AvgIpc) is 2.10. The Morgan fingerprint density at radius 1 is 1.38 bits per heavy atom. The maximum Gasteiger partial charge on any atom is 0.158 e. The number of Topliss-reactive ketones (excluding diaryl/α,β-unsaturated/α-hetero) is 1. The van der Waals surface area contributed by atoms with E-state index in [-0.39, 0.29) is 0 Å². The Morgan fingerprint density at radius 2 is 2.15 bits per heavy atom. The van der Waals surface area contributed by atoms with Gasteiger partial charge in [0.25, 0.3) is 0 Å². The van der Waals surface area contributed by atoms with Gasteiger partial charge in [-0.2, -0.15) is 11.8 Å². The number of allylic oxidation sites excluding steroid dienone is 2. The van der Waals surface area contributed by atoms with Crippen molar-refractivity contribution in [1.29, 1.82) is 0 Å². The standard InChI is InChI=1S/C11H18OS/c1-9-5-3-7-11(12)10(9)6-4-8-13-2/h3-8H2,1-2H3. The summed E-state index contributed by atoms with van der Waals surface area (Å²) in [5.41, 5.74) is 2.48. The second-order valence-electron chi connectivity index (χ2n) is 3.63. The Balaban J connectivity index is 2.48. The molecule has 13 heavy (non-hydrogen) atoms. The minimum absolute atomic E-state index is 0.407. The minimum atomic E-state index is 0.407. The predicted octanol–water partition coefficient (Wildman–Crippen LogP) is 3.20. The highest BCUT2D eigenvalue weighted by Crippen LogP contribution is 2.25. The molecule has 0 spiro atoms. The van der Waals surface area contributed by atoms with Crippen LogP contribution >= 0.6 is 11.8 Å². The van der Waals surface area contributed by atoms with Gasteiger partial charge in [0, 0.05) is 6.42 Å². The van der Waals surface area contributed by atoms with Crippen molar-refractivity contribution >= 4 is 17.5 Å². The molecule has 74 valence electrons. The third-order valence-corrected chi connectivity index (χ3v) is 3.28. The molecule has 0 unspecified atom stereocenters. The van der Waals surface area contributed by atoms with E-state index >= 15 is 0 Å². The average molecular weight is 198 g/mol. The molecule has 1 aliphatic carbocycles. The molecule has 1 aliphatic rings. The molecule has 0 bridgehead atoms. The van der Waals surface area contributed by atoms with Crippen LogP contribution in [0.15, 0.2) is 11.1 Å². The zero-order valence-corrected chi connectivity index (χ0v) is 9.38. The van der Waals surface area contributed by atoms with Crippen LogP contribution in [-0.4, -0.2) is 17.8 Å². The van der Waals surface area contributed by atoms with Gasteiger partial charge in [0.15, 0.2) is 5.78 Å². The van der Waals surface area contributed by atoms with Gasteiger partial charge in [-0.25, -0.2) is 0 Å². The number of rotatable bonds is 4. The van der Waals surface area contributed by atoms with Crippen LogP contribution in [0.2, 0.25) is 0 Å². The summed E-state index contributed by atoms with van der Waals surface area (Å²) in [7, 11) is 0. The van der Waals surface area contributed by atoms with E-state index in [1.807, 2.05) is 11.8 Å². The summed E-state index contributed by atoms with van der Waals surface area (Å²) in [6.07, 6.45) is 7.26. The molecule has 0 saturated heterocycles. The zero-order valence-electron chi connectivity index (χ0n) is 8.56. The van der Waals surface area contributed by atoms with Crippen LogP contribution in [-0.2, 0) is 4.79 Å². The second kappa shape index (κ2) is 5.48. The number of carbonyl (C=O) groups is 1. The van der Waals surface area contributed by atoms with Gasteiger partial charge >= 0.3 is 0 Å². The van der Waals surface area contributed by atoms with Crippen LogP contribution in [0.3, 0.4) is 0 Å². The van der Waals surface area contributed by atoms with Crippen LogP contribution in [0.4, 0.5) is 0 Å². The van der Waals surface area contributed by atoms with Crippen LogP contribution < -0.4 is 0 Å². The SMILES string of the molecule is CSCCCC1=C(C)CCCC1=O. The lowest BCUT2D eigenvalue weighted by molar-refractivity contribution is -0.116. The maximum absolute atomic E-state index is 11.5. The van der Waals surface area contributed by atoms with Gasteiger partial charge in [-0.3, -0.25) is 4.79 Å². The van der Waals surface area contributed by atoms with Crippen molar-refractivity contribution in [2.45, 2.75) is 39.0 Å². The maximum atomic E-state index is 11.5.